The average molecular weight is 574 g/mol. The maximum absolute atomic E-state index is 13.4. The van der Waals surface area contributed by atoms with Gasteiger partial charge in [0.25, 0.3) is 5.91 Å². The van der Waals surface area contributed by atoms with Crippen LogP contribution in [-0.2, 0) is 22.6 Å². The monoisotopic (exact) mass is 572 g/mol. The van der Waals surface area contributed by atoms with Gasteiger partial charge in [0.15, 0.2) is 6.61 Å². The molecule has 1 N–H and O–H groups in total. The number of hydrogen-bond donors (Lipinski definition) is 1. The number of likely N-dealkylation sites (N-methyl/N-ethyl adjacent to an activating group) is 1. The first-order valence-corrected chi connectivity index (χ1v) is 12.3. The molecule has 3 aromatic rings. The van der Waals surface area contributed by atoms with Gasteiger partial charge in [-0.15, -0.1) is 0 Å². The first-order chi connectivity index (χ1) is 16.0. The molecule has 0 fully saturated rings. The summed E-state index contributed by atoms with van der Waals surface area (Å²) in [5, 5.41) is 2.89. The molecule has 1 atom stereocenters. The van der Waals surface area contributed by atoms with Crippen LogP contribution in [0.3, 0.4) is 0 Å². The minimum atomic E-state index is -0.674. The van der Waals surface area contributed by atoms with E-state index < -0.39 is 6.04 Å². The Hall–Kier alpha value is -2.64. The maximum Gasteiger partial charge on any atom is 0.261 e. The summed E-state index contributed by atoms with van der Waals surface area (Å²) in [6.45, 7) is 2.48. The first-order valence-electron chi connectivity index (χ1n) is 10.7. The number of amides is 2. The quantitative estimate of drug-likeness (QED) is 0.355. The van der Waals surface area contributed by atoms with Crippen LogP contribution in [0.25, 0.3) is 0 Å². The van der Waals surface area contributed by atoms with Gasteiger partial charge in [0.2, 0.25) is 5.91 Å². The van der Waals surface area contributed by atoms with Gasteiger partial charge in [-0.3, -0.25) is 9.59 Å². The highest BCUT2D eigenvalue weighted by atomic mass is 79.9. The summed E-state index contributed by atoms with van der Waals surface area (Å²) < 4.78 is 7.59. The van der Waals surface area contributed by atoms with Gasteiger partial charge >= 0.3 is 0 Å². The van der Waals surface area contributed by atoms with Gasteiger partial charge < -0.3 is 15.0 Å². The number of ether oxygens (including phenoxy) is 1. The Balaban J connectivity index is 1.88. The van der Waals surface area contributed by atoms with Crippen LogP contribution in [0.5, 0.6) is 5.75 Å². The van der Waals surface area contributed by atoms with Crippen LogP contribution >= 0.6 is 31.9 Å². The van der Waals surface area contributed by atoms with Crippen LogP contribution in [0.15, 0.2) is 87.8 Å². The smallest absolute Gasteiger partial charge is 0.261 e. The molecule has 0 unspecified atom stereocenters. The third-order valence-corrected chi connectivity index (χ3v) is 6.06. The molecule has 0 saturated carbocycles. The van der Waals surface area contributed by atoms with Crippen molar-refractivity contribution >= 4 is 43.7 Å². The van der Waals surface area contributed by atoms with Crippen molar-refractivity contribution in [3.8, 4) is 5.75 Å². The van der Waals surface area contributed by atoms with Crippen molar-refractivity contribution in [3.05, 3.63) is 98.9 Å². The maximum atomic E-state index is 13.4. The third-order valence-electron chi connectivity index (χ3n) is 5.04. The van der Waals surface area contributed by atoms with Gasteiger partial charge in [0, 0.05) is 28.5 Å². The summed E-state index contributed by atoms with van der Waals surface area (Å²) in [6.07, 6.45) is 0.407. The highest BCUT2D eigenvalue weighted by Gasteiger charge is 2.30. The number of carbonyl (C=O) groups is 2. The lowest BCUT2D eigenvalue weighted by molar-refractivity contribution is -0.142. The molecule has 0 saturated heterocycles. The molecule has 172 valence electrons. The van der Waals surface area contributed by atoms with E-state index in [0.717, 1.165) is 20.1 Å². The van der Waals surface area contributed by atoms with Gasteiger partial charge in [-0.2, -0.15) is 0 Å². The zero-order valence-corrected chi connectivity index (χ0v) is 21.5. The zero-order valence-electron chi connectivity index (χ0n) is 18.3. The van der Waals surface area contributed by atoms with E-state index in [1.807, 2.05) is 73.7 Å². The van der Waals surface area contributed by atoms with Crippen molar-refractivity contribution in [2.75, 3.05) is 13.2 Å². The van der Waals surface area contributed by atoms with Crippen molar-refractivity contribution in [1.82, 2.24) is 10.2 Å². The Morgan fingerprint density at radius 3 is 2.27 bits per heavy atom. The molecular weight excluding hydrogens is 548 g/mol. The molecule has 5 nitrogen and oxygen atoms in total. The predicted octanol–water partition coefficient (Wildman–Crippen LogP) is 5.37. The van der Waals surface area contributed by atoms with Crippen molar-refractivity contribution < 1.29 is 14.3 Å². The lowest BCUT2D eigenvalue weighted by Gasteiger charge is -2.31. The second-order valence-corrected chi connectivity index (χ2v) is 9.33. The Morgan fingerprint density at radius 2 is 1.61 bits per heavy atom. The summed E-state index contributed by atoms with van der Waals surface area (Å²) >= 11 is 6.88. The summed E-state index contributed by atoms with van der Waals surface area (Å²) in [5.41, 5.74) is 1.90. The molecule has 0 aliphatic rings. The molecular formula is C26H26Br2N2O3. The fourth-order valence-corrected chi connectivity index (χ4v) is 4.15. The van der Waals surface area contributed by atoms with Crippen LogP contribution in [0.1, 0.15) is 18.1 Å². The fourth-order valence-electron chi connectivity index (χ4n) is 3.44. The van der Waals surface area contributed by atoms with Crippen LogP contribution in [0.2, 0.25) is 0 Å². The molecule has 0 heterocycles. The topological polar surface area (TPSA) is 58.6 Å². The summed E-state index contributed by atoms with van der Waals surface area (Å²) in [7, 11) is 0. The van der Waals surface area contributed by atoms with Gasteiger partial charge in [-0.1, -0.05) is 74.3 Å². The Labute approximate surface area is 211 Å². The molecule has 0 aliphatic carbocycles. The molecule has 0 aliphatic heterocycles. The number of benzene rings is 3. The molecule has 7 heteroatoms. The van der Waals surface area contributed by atoms with Crippen LogP contribution in [0.4, 0.5) is 0 Å². The van der Waals surface area contributed by atoms with E-state index in [1.54, 1.807) is 17.0 Å². The SMILES string of the molecule is CCNC(=O)[C@H](Cc1ccccc1)N(Cc1cccc(Br)c1)C(=O)COc1ccc(Br)cc1. The minimum Gasteiger partial charge on any atom is -0.484 e. The molecule has 2 amide bonds. The number of nitrogens with one attached hydrogen (secondary N) is 1. The van der Waals surface area contributed by atoms with Gasteiger partial charge in [0.1, 0.15) is 11.8 Å². The molecule has 0 spiro atoms. The molecule has 0 bridgehead atoms. The molecule has 3 aromatic carbocycles. The van der Waals surface area contributed by atoms with E-state index in [2.05, 4.69) is 37.2 Å². The highest BCUT2D eigenvalue weighted by molar-refractivity contribution is 9.10. The van der Waals surface area contributed by atoms with E-state index in [-0.39, 0.29) is 25.0 Å². The van der Waals surface area contributed by atoms with Crippen molar-refractivity contribution in [2.24, 2.45) is 0 Å². The third kappa shape index (κ3) is 7.72. The molecule has 0 aromatic heterocycles. The number of hydrogen-bond acceptors (Lipinski definition) is 3. The van der Waals surface area contributed by atoms with E-state index >= 15 is 0 Å². The Morgan fingerprint density at radius 1 is 0.909 bits per heavy atom. The summed E-state index contributed by atoms with van der Waals surface area (Å²) in [6, 6.07) is 24.1. The van der Waals surface area contributed by atoms with Gasteiger partial charge in [-0.05, 0) is 54.4 Å². The fraction of sp³-hybridized carbons (Fsp3) is 0.231. The van der Waals surface area contributed by atoms with E-state index in [9.17, 15) is 9.59 Å². The second-order valence-electron chi connectivity index (χ2n) is 7.49. The van der Waals surface area contributed by atoms with Crippen LogP contribution in [0, 0.1) is 0 Å². The van der Waals surface area contributed by atoms with E-state index in [4.69, 9.17) is 4.74 Å². The zero-order chi connectivity index (χ0) is 23.6. The number of carbonyl (C=O) groups excluding carboxylic acids is 2. The molecule has 33 heavy (non-hydrogen) atoms. The van der Waals surface area contributed by atoms with Gasteiger partial charge in [-0.25, -0.2) is 0 Å². The first kappa shape index (κ1) is 25.0. The predicted molar refractivity (Wildman–Crippen MR) is 137 cm³/mol. The van der Waals surface area contributed by atoms with Crippen molar-refractivity contribution in [1.29, 1.82) is 0 Å². The van der Waals surface area contributed by atoms with E-state index in [0.29, 0.717) is 18.7 Å². The minimum absolute atomic E-state index is 0.166. The van der Waals surface area contributed by atoms with Crippen LogP contribution in [-0.4, -0.2) is 35.9 Å². The normalized spacial score (nSPS) is 11.5. The largest absolute Gasteiger partial charge is 0.484 e. The van der Waals surface area contributed by atoms with Crippen molar-refractivity contribution in [3.63, 3.8) is 0 Å². The highest BCUT2D eigenvalue weighted by Crippen LogP contribution is 2.19. The number of halogens is 2. The lowest BCUT2D eigenvalue weighted by atomic mass is 10.0. The van der Waals surface area contributed by atoms with E-state index in [1.165, 1.54) is 0 Å². The van der Waals surface area contributed by atoms with Crippen molar-refractivity contribution in [2.45, 2.75) is 25.9 Å². The number of rotatable bonds is 10. The van der Waals surface area contributed by atoms with Gasteiger partial charge in [0.05, 0.1) is 0 Å². The Bertz CT molecular complexity index is 1060. The summed E-state index contributed by atoms with van der Waals surface area (Å²) in [4.78, 5) is 28.1. The average Bonchev–Trinajstić information content (AvgIpc) is 2.81. The number of nitrogens with zero attached hydrogens (tertiary/aromatic N) is 1. The second kappa shape index (κ2) is 12.6. The summed E-state index contributed by atoms with van der Waals surface area (Å²) in [5.74, 6) is 0.144. The lowest BCUT2D eigenvalue weighted by Crippen LogP contribution is -2.51. The Kier molecular flexibility index (Phi) is 9.51. The van der Waals surface area contributed by atoms with Crippen LogP contribution < -0.4 is 10.1 Å². The molecule has 3 rings (SSSR count). The standard InChI is InChI=1S/C26H26Br2N2O3/c1-2-29-26(32)24(16-19-7-4-3-5-8-19)30(17-20-9-6-10-22(28)15-20)25(31)18-33-23-13-11-21(27)12-14-23/h3-15,24H,2,16-18H2,1H3,(H,29,32)/t24-/m0/s1. The molecule has 0 radical (unpaired) electrons.